The lowest BCUT2D eigenvalue weighted by Gasteiger charge is -2.49. The van der Waals surface area contributed by atoms with Crippen molar-refractivity contribution in [1.82, 2.24) is 0 Å². The van der Waals surface area contributed by atoms with Crippen molar-refractivity contribution < 1.29 is 10.2 Å². The van der Waals surface area contributed by atoms with Gasteiger partial charge >= 0.3 is 0 Å². The minimum atomic E-state index is -1.18. The summed E-state index contributed by atoms with van der Waals surface area (Å²) in [5.74, 6) is 0. The second-order valence-corrected chi connectivity index (χ2v) is 6.74. The third-order valence-corrected chi connectivity index (χ3v) is 5.58. The van der Waals surface area contributed by atoms with E-state index in [2.05, 4.69) is 12.1 Å². The van der Waals surface area contributed by atoms with Crippen molar-refractivity contribution in [2.24, 2.45) is 0 Å². The fourth-order valence-corrected chi connectivity index (χ4v) is 4.48. The first-order chi connectivity index (χ1) is 10.7. The first-order valence-corrected chi connectivity index (χ1v) is 8.27. The van der Waals surface area contributed by atoms with Crippen LogP contribution in [0.2, 0.25) is 0 Å². The molecule has 0 heterocycles. The van der Waals surface area contributed by atoms with Crippen molar-refractivity contribution >= 4 is 0 Å². The number of aryl methyl sites for hydroxylation is 2. The Kier molecular flexibility index (Phi) is 3.14. The van der Waals surface area contributed by atoms with Gasteiger partial charge in [-0.1, -0.05) is 48.5 Å². The van der Waals surface area contributed by atoms with E-state index in [1.54, 1.807) is 0 Å². The first kappa shape index (κ1) is 14.0. The highest BCUT2D eigenvalue weighted by atomic mass is 16.4. The van der Waals surface area contributed by atoms with Crippen LogP contribution in [0.3, 0.4) is 0 Å². The average Bonchev–Trinajstić information content (AvgIpc) is 2.56. The molecule has 0 spiro atoms. The van der Waals surface area contributed by atoms with Crippen molar-refractivity contribution in [2.45, 2.75) is 49.7 Å². The van der Waals surface area contributed by atoms with Crippen LogP contribution in [0.1, 0.15) is 47.9 Å². The molecule has 0 bridgehead atoms. The topological polar surface area (TPSA) is 40.5 Å². The van der Waals surface area contributed by atoms with Crippen molar-refractivity contribution in [3.05, 3.63) is 70.8 Å². The summed E-state index contributed by atoms with van der Waals surface area (Å²) in [5, 5.41) is 23.2. The molecule has 4 rings (SSSR count). The van der Waals surface area contributed by atoms with E-state index >= 15 is 0 Å². The van der Waals surface area contributed by atoms with Crippen molar-refractivity contribution in [1.29, 1.82) is 0 Å². The Hall–Kier alpha value is -1.64. The van der Waals surface area contributed by atoms with Crippen LogP contribution in [0.5, 0.6) is 0 Å². The van der Waals surface area contributed by atoms with Gasteiger partial charge in [0, 0.05) is 0 Å². The van der Waals surface area contributed by atoms with Gasteiger partial charge in [-0.2, -0.15) is 0 Å². The van der Waals surface area contributed by atoms with Crippen LogP contribution in [-0.2, 0) is 24.0 Å². The van der Waals surface area contributed by atoms with Crippen LogP contribution in [-0.4, -0.2) is 10.2 Å². The molecule has 0 amide bonds. The molecule has 2 aliphatic carbocycles. The maximum absolute atomic E-state index is 11.6. The van der Waals surface area contributed by atoms with Gasteiger partial charge in [-0.15, -0.1) is 0 Å². The molecular weight excluding hydrogens is 272 g/mol. The van der Waals surface area contributed by atoms with Crippen molar-refractivity contribution in [3.8, 4) is 0 Å². The maximum Gasteiger partial charge on any atom is 0.123 e. The van der Waals surface area contributed by atoms with Gasteiger partial charge in [0.15, 0.2) is 0 Å². The zero-order valence-electron chi connectivity index (χ0n) is 12.8. The van der Waals surface area contributed by atoms with Crippen LogP contribution in [0.15, 0.2) is 48.5 Å². The number of rotatable bonds is 1. The molecule has 2 aromatic rings. The van der Waals surface area contributed by atoms with Gasteiger partial charge in [-0.25, -0.2) is 0 Å². The van der Waals surface area contributed by atoms with Crippen molar-refractivity contribution in [3.63, 3.8) is 0 Å². The van der Waals surface area contributed by atoms with Gasteiger partial charge in [-0.05, 0) is 60.8 Å². The molecule has 2 nitrogen and oxygen atoms in total. The molecule has 22 heavy (non-hydrogen) atoms. The van der Waals surface area contributed by atoms with Crippen molar-refractivity contribution in [2.75, 3.05) is 0 Å². The number of hydrogen-bond acceptors (Lipinski definition) is 2. The molecule has 0 aliphatic heterocycles. The minimum absolute atomic E-state index is 0.620. The van der Waals surface area contributed by atoms with Crippen LogP contribution in [0, 0.1) is 0 Å². The van der Waals surface area contributed by atoms with E-state index in [4.69, 9.17) is 0 Å². The summed E-state index contributed by atoms with van der Waals surface area (Å²) in [6.45, 7) is 0. The molecule has 2 aromatic carbocycles. The molecular formula is C20H22O2. The quantitative estimate of drug-likeness (QED) is 0.846. The lowest BCUT2D eigenvalue weighted by Crippen LogP contribution is -2.52. The summed E-state index contributed by atoms with van der Waals surface area (Å²) in [6, 6.07) is 16.1. The molecule has 0 saturated carbocycles. The molecule has 2 aliphatic rings. The van der Waals surface area contributed by atoms with Crippen LogP contribution in [0.4, 0.5) is 0 Å². The van der Waals surface area contributed by atoms with Gasteiger partial charge in [-0.3, -0.25) is 0 Å². The molecule has 2 N–H and O–H groups in total. The SMILES string of the molecule is O[C@@]1([C@]2(O)CCCc3ccccc32)CCCc2ccccc21. The summed E-state index contributed by atoms with van der Waals surface area (Å²) < 4.78 is 0. The molecule has 0 unspecified atom stereocenters. The van der Waals surface area contributed by atoms with Gasteiger partial charge in [0.25, 0.3) is 0 Å². The Morgan fingerprint density at radius 3 is 1.50 bits per heavy atom. The highest BCUT2D eigenvalue weighted by molar-refractivity contribution is 5.44. The van der Waals surface area contributed by atoms with Crippen LogP contribution < -0.4 is 0 Å². The lowest BCUT2D eigenvalue weighted by atomic mass is 9.62. The number of aliphatic hydroxyl groups is 2. The van der Waals surface area contributed by atoms with Gasteiger partial charge < -0.3 is 10.2 Å². The first-order valence-electron chi connectivity index (χ1n) is 8.27. The predicted octanol–water partition coefficient (Wildman–Crippen LogP) is 3.43. The van der Waals surface area contributed by atoms with E-state index in [1.165, 1.54) is 11.1 Å². The Morgan fingerprint density at radius 1 is 0.636 bits per heavy atom. The van der Waals surface area contributed by atoms with Gasteiger partial charge in [0.1, 0.15) is 11.2 Å². The van der Waals surface area contributed by atoms with Crippen LogP contribution in [0.25, 0.3) is 0 Å². The summed E-state index contributed by atoms with van der Waals surface area (Å²) in [5.41, 5.74) is 1.82. The monoisotopic (exact) mass is 294 g/mol. The maximum atomic E-state index is 11.6. The Balaban J connectivity index is 1.92. The summed E-state index contributed by atoms with van der Waals surface area (Å²) in [7, 11) is 0. The average molecular weight is 294 g/mol. The third-order valence-electron chi connectivity index (χ3n) is 5.58. The molecule has 2 heteroatoms. The van der Waals surface area contributed by atoms with E-state index in [0.717, 1.165) is 36.8 Å². The zero-order valence-corrected chi connectivity index (χ0v) is 12.8. The molecule has 0 aromatic heterocycles. The molecule has 0 saturated heterocycles. The van der Waals surface area contributed by atoms with E-state index in [-0.39, 0.29) is 0 Å². The van der Waals surface area contributed by atoms with E-state index in [9.17, 15) is 10.2 Å². The van der Waals surface area contributed by atoms with E-state index in [0.29, 0.717) is 12.8 Å². The largest absolute Gasteiger partial charge is 0.382 e. The van der Waals surface area contributed by atoms with Gasteiger partial charge in [0.2, 0.25) is 0 Å². The highest BCUT2D eigenvalue weighted by Crippen LogP contribution is 2.52. The summed E-state index contributed by atoms with van der Waals surface area (Å²) in [6.07, 6.45) is 5.03. The third kappa shape index (κ3) is 1.81. The zero-order chi connectivity index (χ0) is 15.2. The number of fused-ring (bicyclic) bond motifs is 2. The summed E-state index contributed by atoms with van der Waals surface area (Å²) in [4.78, 5) is 0. The smallest absolute Gasteiger partial charge is 0.123 e. The second kappa shape index (κ2) is 4.94. The molecule has 2 atom stereocenters. The van der Waals surface area contributed by atoms with E-state index in [1.807, 2.05) is 36.4 Å². The normalized spacial score (nSPS) is 30.5. The predicted molar refractivity (Wildman–Crippen MR) is 86.6 cm³/mol. The molecule has 114 valence electrons. The Labute approximate surface area is 131 Å². The number of hydrogen-bond donors (Lipinski definition) is 2. The fourth-order valence-electron chi connectivity index (χ4n) is 4.48. The molecule has 0 fully saturated rings. The fraction of sp³-hybridized carbons (Fsp3) is 0.400. The Morgan fingerprint density at radius 2 is 1.05 bits per heavy atom. The lowest BCUT2D eigenvalue weighted by molar-refractivity contribution is -0.181. The van der Waals surface area contributed by atoms with Gasteiger partial charge in [0.05, 0.1) is 0 Å². The number of benzene rings is 2. The minimum Gasteiger partial charge on any atom is -0.382 e. The Bertz CT molecular complexity index is 647. The standard InChI is InChI=1S/C20H22O2/c21-19(13-5-9-15-7-1-3-11-17(15)19)20(22)14-6-10-16-8-2-4-12-18(16)20/h1-4,7-8,11-12,21-22H,5-6,9-10,13-14H2/t19-,20-/m0/s1. The van der Waals surface area contributed by atoms with Crippen LogP contribution >= 0.6 is 0 Å². The highest BCUT2D eigenvalue weighted by Gasteiger charge is 2.54. The van der Waals surface area contributed by atoms with E-state index < -0.39 is 11.2 Å². The second-order valence-electron chi connectivity index (χ2n) is 6.74. The summed E-state index contributed by atoms with van der Waals surface area (Å²) >= 11 is 0. The molecule has 0 radical (unpaired) electrons.